The number of benzene rings is 1. The number of carbonyl (C=O) groups is 2. The molecule has 0 radical (unpaired) electrons. The molecule has 1 aliphatic rings. The minimum absolute atomic E-state index is 0.0601. The van der Waals surface area contributed by atoms with Crippen molar-refractivity contribution in [2.24, 2.45) is 0 Å². The summed E-state index contributed by atoms with van der Waals surface area (Å²) in [7, 11) is 0. The monoisotopic (exact) mass is 276 g/mol. The van der Waals surface area contributed by atoms with Crippen molar-refractivity contribution in [3.05, 3.63) is 35.9 Å². The van der Waals surface area contributed by atoms with Crippen LogP contribution in [0.25, 0.3) is 0 Å². The van der Waals surface area contributed by atoms with Crippen molar-refractivity contribution in [2.75, 3.05) is 13.2 Å². The number of Topliss-reactive ketones (excluding diaryl/α,β-unsaturated/α-hetero) is 1. The van der Waals surface area contributed by atoms with Crippen LogP contribution in [0.5, 0.6) is 0 Å². The van der Waals surface area contributed by atoms with Gasteiger partial charge in [-0.2, -0.15) is 0 Å². The average molecular weight is 276 g/mol. The molecule has 0 aromatic heterocycles. The van der Waals surface area contributed by atoms with Gasteiger partial charge in [-0.15, -0.1) is 0 Å². The molecule has 0 amide bonds. The smallest absolute Gasteiger partial charge is 0.305 e. The third-order valence-corrected chi connectivity index (χ3v) is 3.33. The van der Waals surface area contributed by atoms with Gasteiger partial charge in [0.2, 0.25) is 0 Å². The number of rotatable bonds is 7. The summed E-state index contributed by atoms with van der Waals surface area (Å²) in [5, 5.41) is 0. The Morgan fingerprint density at radius 3 is 2.70 bits per heavy atom. The number of hydrogen-bond acceptors (Lipinski definition) is 4. The predicted octanol–water partition coefficient (Wildman–Crippen LogP) is 2.76. The van der Waals surface area contributed by atoms with Crippen molar-refractivity contribution in [3.8, 4) is 0 Å². The lowest BCUT2D eigenvalue weighted by Gasteiger charge is -2.09. The first-order chi connectivity index (χ1) is 9.75. The highest BCUT2D eigenvalue weighted by Gasteiger charge is 2.17. The van der Waals surface area contributed by atoms with Crippen LogP contribution in [0.3, 0.4) is 0 Å². The fourth-order valence-corrected chi connectivity index (χ4v) is 2.20. The predicted molar refractivity (Wildman–Crippen MR) is 74.6 cm³/mol. The highest BCUT2D eigenvalue weighted by Crippen LogP contribution is 2.13. The maximum Gasteiger partial charge on any atom is 0.305 e. The quantitative estimate of drug-likeness (QED) is 0.567. The molecule has 0 N–H and O–H groups in total. The van der Waals surface area contributed by atoms with E-state index in [0.29, 0.717) is 25.0 Å². The third kappa shape index (κ3) is 4.78. The van der Waals surface area contributed by atoms with Gasteiger partial charge in [0.05, 0.1) is 6.10 Å². The molecule has 1 aromatic rings. The SMILES string of the molecule is O=C(CCCC(=O)c1ccccc1)OCC1CCCO1. The number of ketones is 1. The first kappa shape index (κ1) is 14.7. The lowest BCUT2D eigenvalue weighted by atomic mass is 10.1. The normalized spacial score (nSPS) is 17.9. The summed E-state index contributed by atoms with van der Waals surface area (Å²) in [6.45, 7) is 1.10. The Kier molecular flexibility index (Phi) is 5.74. The Hall–Kier alpha value is -1.68. The maximum atomic E-state index is 11.8. The zero-order valence-corrected chi connectivity index (χ0v) is 11.5. The summed E-state index contributed by atoms with van der Waals surface area (Å²) in [5.41, 5.74) is 0.695. The van der Waals surface area contributed by atoms with E-state index < -0.39 is 0 Å². The minimum atomic E-state index is -0.249. The van der Waals surface area contributed by atoms with Crippen molar-refractivity contribution in [1.29, 1.82) is 0 Å². The zero-order valence-electron chi connectivity index (χ0n) is 11.5. The van der Waals surface area contributed by atoms with E-state index in [9.17, 15) is 9.59 Å². The Morgan fingerprint density at radius 2 is 2.00 bits per heavy atom. The van der Waals surface area contributed by atoms with Gasteiger partial charge < -0.3 is 9.47 Å². The highest BCUT2D eigenvalue weighted by molar-refractivity contribution is 5.96. The summed E-state index contributed by atoms with van der Waals surface area (Å²) in [6.07, 6.45) is 3.24. The third-order valence-electron chi connectivity index (χ3n) is 3.33. The van der Waals surface area contributed by atoms with Crippen LogP contribution in [-0.2, 0) is 14.3 Å². The maximum absolute atomic E-state index is 11.8. The van der Waals surface area contributed by atoms with Crippen LogP contribution in [0.4, 0.5) is 0 Å². The summed E-state index contributed by atoms with van der Waals surface area (Å²) in [6, 6.07) is 9.13. The first-order valence-electron chi connectivity index (χ1n) is 7.11. The van der Waals surface area contributed by atoms with E-state index in [-0.39, 0.29) is 24.3 Å². The molecule has 1 unspecified atom stereocenters. The van der Waals surface area contributed by atoms with Crippen molar-refractivity contribution < 1.29 is 19.1 Å². The standard InChI is InChI=1S/C16H20O4/c17-15(13-6-2-1-3-7-13)9-4-10-16(18)20-12-14-8-5-11-19-14/h1-3,6-7,14H,4-5,8-12H2. The Labute approximate surface area is 119 Å². The molecule has 20 heavy (non-hydrogen) atoms. The van der Waals surface area contributed by atoms with E-state index in [2.05, 4.69) is 0 Å². The summed E-state index contributed by atoms with van der Waals surface area (Å²) in [4.78, 5) is 23.3. The molecule has 0 spiro atoms. The molecule has 2 rings (SSSR count). The Morgan fingerprint density at radius 1 is 1.20 bits per heavy atom. The van der Waals surface area contributed by atoms with Crippen molar-refractivity contribution in [1.82, 2.24) is 0 Å². The van der Waals surface area contributed by atoms with Gasteiger partial charge in [-0.05, 0) is 19.3 Å². The second kappa shape index (κ2) is 7.80. The molecule has 1 heterocycles. The van der Waals surface area contributed by atoms with Crippen LogP contribution in [-0.4, -0.2) is 31.1 Å². The van der Waals surface area contributed by atoms with E-state index in [1.54, 1.807) is 12.1 Å². The fourth-order valence-electron chi connectivity index (χ4n) is 2.20. The number of ether oxygens (including phenoxy) is 2. The number of carbonyl (C=O) groups excluding carboxylic acids is 2. The lowest BCUT2D eigenvalue weighted by Crippen LogP contribution is -2.17. The Balaban J connectivity index is 1.60. The molecule has 1 saturated heterocycles. The van der Waals surface area contributed by atoms with Crippen LogP contribution in [0.15, 0.2) is 30.3 Å². The van der Waals surface area contributed by atoms with Crippen LogP contribution in [0, 0.1) is 0 Å². The number of esters is 1. The van der Waals surface area contributed by atoms with Crippen LogP contribution in [0.1, 0.15) is 42.5 Å². The molecule has 108 valence electrons. The molecule has 1 aliphatic heterocycles. The van der Waals surface area contributed by atoms with Crippen molar-refractivity contribution >= 4 is 11.8 Å². The second-order valence-electron chi connectivity index (χ2n) is 4.96. The van der Waals surface area contributed by atoms with E-state index in [4.69, 9.17) is 9.47 Å². The summed E-state index contributed by atoms with van der Waals surface area (Å²) < 4.78 is 10.5. The van der Waals surface area contributed by atoms with Gasteiger partial charge in [0.15, 0.2) is 5.78 Å². The van der Waals surface area contributed by atoms with Gasteiger partial charge >= 0.3 is 5.97 Å². The largest absolute Gasteiger partial charge is 0.463 e. The molecule has 1 fully saturated rings. The molecule has 1 aromatic carbocycles. The topological polar surface area (TPSA) is 52.6 Å². The molecular formula is C16H20O4. The summed E-state index contributed by atoms with van der Waals surface area (Å²) in [5.74, 6) is -0.182. The zero-order chi connectivity index (χ0) is 14.2. The van der Waals surface area contributed by atoms with Crippen molar-refractivity contribution in [2.45, 2.75) is 38.2 Å². The fraction of sp³-hybridized carbons (Fsp3) is 0.500. The lowest BCUT2D eigenvalue weighted by molar-refractivity contribution is -0.146. The first-order valence-corrected chi connectivity index (χ1v) is 7.11. The molecule has 4 nitrogen and oxygen atoms in total. The van der Waals surface area contributed by atoms with E-state index in [1.165, 1.54) is 0 Å². The molecule has 0 aliphatic carbocycles. The molecular weight excluding hydrogens is 256 g/mol. The van der Waals surface area contributed by atoms with Crippen LogP contribution >= 0.6 is 0 Å². The average Bonchev–Trinajstić information content (AvgIpc) is 2.99. The van der Waals surface area contributed by atoms with E-state index in [1.807, 2.05) is 18.2 Å². The van der Waals surface area contributed by atoms with Crippen LogP contribution in [0.2, 0.25) is 0 Å². The highest BCUT2D eigenvalue weighted by atomic mass is 16.6. The van der Waals surface area contributed by atoms with Gasteiger partial charge in [0.1, 0.15) is 6.61 Å². The second-order valence-corrected chi connectivity index (χ2v) is 4.96. The summed E-state index contributed by atoms with van der Waals surface area (Å²) >= 11 is 0. The van der Waals surface area contributed by atoms with Crippen molar-refractivity contribution in [3.63, 3.8) is 0 Å². The van der Waals surface area contributed by atoms with Gasteiger partial charge in [-0.3, -0.25) is 9.59 Å². The molecule has 4 heteroatoms. The van der Waals surface area contributed by atoms with Gasteiger partial charge in [-0.25, -0.2) is 0 Å². The van der Waals surface area contributed by atoms with Gasteiger partial charge in [-0.1, -0.05) is 30.3 Å². The van der Waals surface area contributed by atoms with Gasteiger partial charge in [0.25, 0.3) is 0 Å². The minimum Gasteiger partial charge on any atom is -0.463 e. The molecule has 0 bridgehead atoms. The van der Waals surface area contributed by atoms with E-state index >= 15 is 0 Å². The Bertz CT molecular complexity index is 435. The van der Waals surface area contributed by atoms with E-state index in [0.717, 1.165) is 19.4 Å². The molecule has 1 atom stereocenters. The van der Waals surface area contributed by atoms with Gasteiger partial charge in [0, 0.05) is 25.0 Å². The number of hydrogen-bond donors (Lipinski definition) is 0. The molecule has 0 saturated carbocycles. The van der Waals surface area contributed by atoms with Crippen LogP contribution < -0.4 is 0 Å².